The lowest BCUT2D eigenvalue weighted by molar-refractivity contribution is -0.156. The fourth-order valence-electron chi connectivity index (χ4n) is 1.80. The molecule has 0 spiro atoms. The molecule has 0 fully saturated rings. The monoisotopic (exact) mass is 362 g/mol. The van der Waals surface area contributed by atoms with Crippen LogP contribution in [0.25, 0.3) is 0 Å². The minimum Gasteiger partial charge on any atom is -0.459 e. The van der Waals surface area contributed by atoms with Crippen LogP contribution in [0.5, 0.6) is 0 Å². The molecule has 4 heteroatoms. The van der Waals surface area contributed by atoms with Gasteiger partial charge in [-0.15, -0.1) is 0 Å². The molecule has 0 aliphatic heterocycles. The summed E-state index contributed by atoms with van der Waals surface area (Å²) in [6, 6.07) is 7.99. The van der Waals surface area contributed by atoms with Gasteiger partial charge in [0.1, 0.15) is 12.2 Å². The van der Waals surface area contributed by atoms with Crippen molar-refractivity contribution in [1.82, 2.24) is 0 Å². The standard InChI is InChI=1S/C14H19IO3/c1-4-12(18-13(16)5-2)14(17-3)10-8-6-7-9-11(10)15/h6-9,12,14H,4-5H2,1-3H3/t12-,14-/m0/s1. The van der Waals surface area contributed by atoms with Crippen molar-refractivity contribution >= 4 is 28.6 Å². The van der Waals surface area contributed by atoms with Gasteiger partial charge in [0.25, 0.3) is 0 Å². The van der Waals surface area contributed by atoms with E-state index in [9.17, 15) is 4.79 Å². The van der Waals surface area contributed by atoms with E-state index in [4.69, 9.17) is 9.47 Å². The van der Waals surface area contributed by atoms with Crippen LogP contribution in [0.2, 0.25) is 0 Å². The first-order valence-electron chi connectivity index (χ1n) is 6.10. The SMILES string of the molecule is CCC(=O)O[C@@H](CC)[C@@H](OC)c1ccccc1I. The molecule has 0 aliphatic carbocycles. The summed E-state index contributed by atoms with van der Waals surface area (Å²) < 4.78 is 12.1. The van der Waals surface area contributed by atoms with E-state index in [0.717, 1.165) is 15.6 Å². The zero-order valence-corrected chi connectivity index (χ0v) is 13.1. The summed E-state index contributed by atoms with van der Waals surface area (Å²) in [5.41, 5.74) is 1.07. The van der Waals surface area contributed by atoms with Crippen LogP contribution in [0.4, 0.5) is 0 Å². The first-order chi connectivity index (χ1) is 8.63. The molecule has 0 bridgehead atoms. The average Bonchev–Trinajstić information content (AvgIpc) is 2.40. The molecule has 0 radical (unpaired) electrons. The molecule has 0 saturated heterocycles. The van der Waals surface area contributed by atoms with Crippen molar-refractivity contribution in [1.29, 1.82) is 0 Å². The van der Waals surface area contributed by atoms with Crippen LogP contribution in [0.3, 0.4) is 0 Å². The van der Waals surface area contributed by atoms with E-state index >= 15 is 0 Å². The molecule has 0 amide bonds. The second kappa shape index (κ2) is 7.74. The van der Waals surface area contributed by atoms with Gasteiger partial charge in [0.2, 0.25) is 0 Å². The van der Waals surface area contributed by atoms with Crippen molar-refractivity contribution in [3.05, 3.63) is 33.4 Å². The molecular formula is C14H19IO3. The molecule has 0 N–H and O–H groups in total. The van der Waals surface area contributed by atoms with Crippen molar-refractivity contribution in [2.45, 2.75) is 38.9 Å². The minimum absolute atomic E-state index is 0.185. The summed E-state index contributed by atoms with van der Waals surface area (Å²) >= 11 is 2.27. The number of hydrogen-bond donors (Lipinski definition) is 0. The first kappa shape index (κ1) is 15.4. The summed E-state index contributed by atoms with van der Waals surface area (Å²) in [7, 11) is 1.65. The van der Waals surface area contributed by atoms with E-state index in [1.165, 1.54) is 0 Å². The van der Waals surface area contributed by atoms with Crippen molar-refractivity contribution < 1.29 is 14.3 Å². The maximum atomic E-state index is 11.4. The van der Waals surface area contributed by atoms with Gasteiger partial charge in [0.05, 0.1) is 0 Å². The molecule has 0 aliphatic rings. The molecule has 100 valence electrons. The Balaban J connectivity index is 2.93. The third-order valence-electron chi connectivity index (χ3n) is 2.78. The molecule has 0 saturated carbocycles. The number of hydrogen-bond acceptors (Lipinski definition) is 3. The lowest BCUT2D eigenvalue weighted by Gasteiger charge is -2.26. The smallest absolute Gasteiger partial charge is 0.305 e. The van der Waals surface area contributed by atoms with Crippen LogP contribution < -0.4 is 0 Å². The molecule has 1 rings (SSSR count). The van der Waals surface area contributed by atoms with E-state index in [1.54, 1.807) is 14.0 Å². The number of carbonyl (C=O) groups is 1. The highest BCUT2D eigenvalue weighted by Gasteiger charge is 2.26. The van der Waals surface area contributed by atoms with Gasteiger partial charge in [-0.05, 0) is 40.6 Å². The highest BCUT2D eigenvalue weighted by Crippen LogP contribution is 2.28. The first-order valence-corrected chi connectivity index (χ1v) is 7.18. The highest BCUT2D eigenvalue weighted by atomic mass is 127. The summed E-state index contributed by atoms with van der Waals surface area (Å²) in [6.45, 7) is 3.79. The van der Waals surface area contributed by atoms with E-state index in [1.807, 2.05) is 31.2 Å². The molecule has 18 heavy (non-hydrogen) atoms. The Bertz CT molecular complexity index is 392. The van der Waals surface area contributed by atoms with Crippen molar-refractivity contribution in [3.8, 4) is 0 Å². The van der Waals surface area contributed by atoms with Crippen LogP contribution >= 0.6 is 22.6 Å². The number of benzene rings is 1. The molecule has 0 aromatic heterocycles. The molecule has 3 nitrogen and oxygen atoms in total. The molecule has 1 aromatic rings. The highest BCUT2D eigenvalue weighted by molar-refractivity contribution is 14.1. The van der Waals surface area contributed by atoms with E-state index in [-0.39, 0.29) is 18.2 Å². The van der Waals surface area contributed by atoms with Crippen LogP contribution in [0.1, 0.15) is 38.4 Å². The second-order valence-corrected chi connectivity index (χ2v) is 5.13. The average molecular weight is 362 g/mol. The Morgan fingerprint density at radius 2 is 2.00 bits per heavy atom. The number of rotatable bonds is 6. The second-order valence-electron chi connectivity index (χ2n) is 3.97. The summed E-state index contributed by atoms with van der Waals surface area (Å²) in [5, 5.41) is 0. The fourth-order valence-corrected chi connectivity index (χ4v) is 2.49. The van der Waals surface area contributed by atoms with Crippen molar-refractivity contribution in [3.63, 3.8) is 0 Å². The predicted octanol–water partition coefficient (Wildman–Crippen LogP) is 3.71. The topological polar surface area (TPSA) is 35.5 Å². The summed E-state index contributed by atoms with van der Waals surface area (Å²) in [4.78, 5) is 11.4. The lowest BCUT2D eigenvalue weighted by Crippen LogP contribution is -2.26. The Labute approximate surface area is 122 Å². The summed E-state index contributed by atoms with van der Waals surface area (Å²) in [6.07, 6.45) is 0.672. The van der Waals surface area contributed by atoms with Gasteiger partial charge in [-0.1, -0.05) is 32.0 Å². The molecule has 1 aromatic carbocycles. The van der Waals surface area contributed by atoms with Gasteiger partial charge in [-0.3, -0.25) is 4.79 Å². The van der Waals surface area contributed by atoms with E-state index in [2.05, 4.69) is 22.6 Å². The lowest BCUT2D eigenvalue weighted by atomic mass is 10.0. The Morgan fingerprint density at radius 1 is 1.33 bits per heavy atom. The van der Waals surface area contributed by atoms with Gasteiger partial charge in [-0.2, -0.15) is 0 Å². The largest absolute Gasteiger partial charge is 0.459 e. The van der Waals surface area contributed by atoms with Crippen molar-refractivity contribution in [2.24, 2.45) is 0 Å². The van der Waals surface area contributed by atoms with E-state index in [0.29, 0.717) is 6.42 Å². The van der Waals surface area contributed by atoms with Gasteiger partial charge in [-0.25, -0.2) is 0 Å². The van der Waals surface area contributed by atoms with E-state index < -0.39 is 0 Å². The maximum Gasteiger partial charge on any atom is 0.305 e. The number of esters is 1. The Kier molecular flexibility index (Phi) is 6.63. The van der Waals surface area contributed by atoms with Gasteiger partial charge >= 0.3 is 5.97 Å². The van der Waals surface area contributed by atoms with Crippen LogP contribution in [-0.4, -0.2) is 19.2 Å². The van der Waals surface area contributed by atoms with Crippen LogP contribution in [0, 0.1) is 3.57 Å². The maximum absolute atomic E-state index is 11.4. The Morgan fingerprint density at radius 3 is 2.50 bits per heavy atom. The Hall–Kier alpha value is -0.620. The third kappa shape index (κ3) is 3.95. The van der Waals surface area contributed by atoms with Crippen molar-refractivity contribution in [2.75, 3.05) is 7.11 Å². The normalized spacial score (nSPS) is 14.0. The molecule has 0 unspecified atom stereocenters. The summed E-state index contributed by atoms with van der Waals surface area (Å²) in [5.74, 6) is -0.185. The van der Waals surface area contributed by atoms with Gasteiger partial charge < -0.3 is 9.47 Å². The van der Waals surface area contributed by atoms with Crippen LogP contribution in [0.15, 0.2) is 24.3 Å². The zero-order valence-electron chi connectivity index (χ0n) is 11.0. The molecule has 2 atom stereocenters. The number of ether oxygens (including phenoxy) is 2. The molecular weight excluding hydrogens is 343 g/mol. The number of carbonyl (C=O) groups excluding carboxylic acids is 1. The third-order valence-corrected chi connectivity index (χ3v) is 3.76. The number of halogens is 1. The molecule has 0 heterocycles. The minimum atomic E-state index is -0.238. The van der Waals surface area contributed by atoms with Crippen LogP contribution in [-0.2, 0) is 14.3 Å². The van der Waals surface area contributed by atoms with Gasteiger partial charge in [0, 0.05) is 17.1 Å². The quantitative estimate of drug-likeness (QED) is 0.572. The number of methoxy groups -OCH3 is 1. The zero-order chi connectivity index (χ0) is 13.5. The van der Waals surface area contributed by atoms with Gasteiger partial charge in [0.15, 0.2) is 0 Å². The predicted molar refractivity (Wildman–Crippen MR) is 79.4 cm³/mol. The fraction of sp³-hybridized carbons (Fsp3) is 0.500.